The maximum absolute atomic E-state index is 12.3. The van der Waals surface area contributed by atoms with Gasteiger partial charge in [0.25, 0.3) is 11.6 Å². The van der Waals surface area contributed by atoms with Crippen LogP contribution in [0.5, 0.6) is 0 Å². The van der Waals surface area contributed by atoms with Crippen LogP contribution in [0.2, 0.25) is 0 Å². The molecule has 1 amide bonds. The number of hydrogen-bond acceptors (Lipinski definition) is 5. The molecule has 1 aromatic rings. The average Bonchev–Trinajstić information content (AvgIpc) is 2.90. The topological polar surface area (TPSA) is 124 Å². The van der Waals surface area contributed by atoms with Crippen LogP contribution in [0.15, 0.2) is 17.0 Å². The molecule has 0 bridgehead atoms. The molecule has 1 fully saturated rings. The fourth-order valence-corrected chi connectivity index (χ4v) is 3.21. The minimum Gasteiger partial charge on any atom is -0.339 e. The van der Waals surface area contributed by atoms with Crippen LogP contribution in [0.1, 0.15) is 28.8 Å². The summed E-state index contributed by atoms with van der Waals surface area (Å²) in [6, 6.07) is 2.21. The molecule has 1 saturated heterocycles. The molecular formula is C12H15N3O5S. The molecule has 1 aliphatic heterocycles. The Hall–Kier alpha value is -2.00. The SMILES string of the molecule is Cc1c([N+](=O)[O-])cc(C(=O)N2CCCC2)cc1S(N)(=O)=O. The lowest BCUT2D eigenvalue weighted by atomic mass is 10.1. The van der Waals surface area contributed by atoms with E-state index in [2.05, 4.69) is 0 Å². The Morgan fingerprint density at radius 3 is 2.38 bits per heavy atom. The lowest BCUT2D eigenvalue weighted by molar-refractivity contribution is -0.385. The zero-order valence-electron chi connectivity index (χ0n) is 11.4. The Bertz CT molecular complexity index is 708. The first kappa shape index (κ1) is 15.4. The molecule has 8 nitrogen and oxygen atoms in total. The van der Waals surface area contributed by atoms with E-state index in [1.165, 1.54) is 6.92 Å². The van der Waals surface area contributed by atoms with Crippen molar-refractivity contribution < 1.29 is 18.1 Å². The minimum atomic E-state index is -4.14. The maximum atomic E-state index is 12.3. The van der Waals surface area contributed by atoms with Gasteiger partial charge in [0.05, 0.1) is 9.82 Å². The summed E-state index contributed by atoms with van der Waals surface area (Å²) in [6.45, 7) is 2.42. The van der Waals surface area contributed by atoms with Gasteiger partial charge < -0.3 is 4.90 Å². The number of carbonyl (C=O) groups excluding carboxylic acids is 1. The van der Waals surface area contributed by atoms with Gasteiger partial charge in [0, 0.05) is 30.3 Å². The van der Waals surface area contributed by atoms with Gasteiger partial charge in [-0.1, -0.05) is 0 Å². The molecule has 9 heteroatoms. The van der Waals surface area contributed by atoms with Crippen molar-refractivity contribution >= 4 is 21.6 Å². The first-order chi connectivity index (χ1) is 9.71. The molecule has 114 valence electrons. The Labute approximate surface area is 121 Å². The number of nitrogens with zero attached hydrogens (tertiary/aromatic N) is 2. The number of hydrogen-bond donors (Lipinski definition) is 1. The summed E-state index contributed by atoms with van der Waals surface area (Å²) in [5.74, 6) is -0.416. The molecule has 0 atom stereocenters. The highest BCUT2D eigenvalue weighted by Gasteiger charge is 2.27. The van der Waals surface area contributed by atoms with Gasteiger partial charge in [-0.2, -0.15) is 0 Å². The van der Waals surface area contributed by atoms with Crippen molar-refractivity contribution in [3.63, 3.8) is 0 Å². The van der Waals surface area contributed by atoms with Crippen molar-refractivity contribution in [2.24, 2.45) is 5.14 Å². The molecule has 1 aliphatic rings. The van der Waals surface area contributed by atoms with Gasteiger partial charge in [-0.15, -0.1) is 0 Å². The first-order valence-electron chi connectivity index (χ1n) is 6.33. The number of likely N-dealkylation sites (tertiary alicyclic amines) is 1. The van der Waals surface area contributed by atoms with E-state index in [-0.39, 0.29) is 16.0 Å². The van der Waals surface area contributed by atoms with Crippen LogP contribution >= 0.6 is 0 Å². The normalized spacial score (nSPS) is 15.2. The molecular weight excluding hydrogens is 298 g/mol. The Kier molecular flexibility index (Phi) is 3.97. The van der Waals surface area contributed by atoms with Crippen molar-refractivity contribution in [2.45, 2.75) is 24.7 Å². The van der Waals surface area contributed by atoms with Crippen molar-refractivity contribution in [1.82, 2.24) is 4.90 Å². The molecule has 2 rings (SSSR count). The zero-order valence-corrected chi connectivity index (χ0v) is 12.2. The molecule has 0 aromatic heterocycles. The van der Waals surface area contributed by atoms with E-state index in [0.29, 0.717) is 13.1 Å². The fourth-order valence-electron chi connectivity index (χ4n) is 2.38. The molecule has 0 radical (unpaired) electrons. The highest BCUT2D eigenvalue weighted by Crippen LogP contribution is 2.27. The number of primary sulfonamides is 1. The number of benzene rings is 1. The smallest absolute Gasteiger partial charge is 0.274 e. The second kappa shape index (κ2) is 5.41. The summed E-state index contributed by atoms with van der Waals surface area (Å²) in [5.41, 5.74) is -0.525. The summed E-state index contributed by atoms with van der Waals surface area (Å²) in [6.07, 6.45) is 1.73. The third-order valence-corrected chi connectivity index (χ3v) is 4.51. The van der Waals surface area contributed by atoms with Gasteiger partial charge in [0.2, 0.25) is 10.0 Å². The number of rotatable bonds is 3. The predicted molar refractivity (Wildman–Crippen MR) is 74.3 cm³/mol. The Morgan fingerprint density at radius 1 is 1.33 bits per heavy atom. The van der Waals surface area contributed by atoms with Crippen molar-refractivity contribution in [3.8, 4) is 0 Å². The Morgan fingerprint density at radius 2 is 1.90 bits per heavy atom. The third-order valence-electron chi connectivity index (χ3n) is 3.48. The minimum absolute atomic E-state index is 0.0294. The van der Waals surface area contributed by atoms with Gasteiger partial charge in [0.15, 0.2) is 0 Å². The molecule has 1 aromatic carbocycles. The van der Waals surface area contributed by atoms with Crippen LogP contribution in [0.4, 0.5) is 5.69 Å². The highest BCUT2D eigenvalue weighted by atomic mass is 32.2. The summed E-state index contributed by atoms with van der Waals surface area (Å²) in [7, 11) is -4.14. The number of nitrogens with two attached hydrogens (primary N) is 1. The zero-order chi connectivity index (χ0) is 15.8. The van der Waals surface area contributed by atoms with E-state index in [4.69, 9.17) is 5.14 Å². The predicted octanol–water partition coefficient (Wildman–Crippen LogP) is 0.787. The molecule has 21 heavy (non-hydrogen) atoms. The molecule has 0 spiro atoms. The number of amides is 1. The largest absolute Gasteiger partial charge is 0.339 e. The fraction of sp³-hybridized carbons (Fsp3) is 0.417. The summed E-state index contributed by atoms with van der Waals surface area (Å²) in [4.78, 5) is 23.8. The number of nitro benzene ring substituents is 1. The van der Waals surface area contributed by atoms with Crippen molar-refractivity contribution in [3.05, 3.63) is 33.4 Å². The second-order valence-electron chi connectivity index (χ2n) is 4.92. The maximum Gasteiger partial charge on any atom is 0.274 e. The van der Waals surface area contributed by atoms with Crippen molar-refractivity contribution in [2.75, 3.05) is 13.1 Å². The number of nitro groups is 1. The van der Waals surface area contributed by atoms with E-state index in [0.717, 1.165) is 25.0 Å². The van der Waals surface area contributed by atoms with E-state index in [1.807, 2.05) is 0 Å². The third kappa shape index (κ3) is 3.03. The molecule has 0 saturated carbocycles. The van der Waals surface area contributed by atoms with Gasteiger partial charge in [-0.25, -0.2) is 13.6 Å². The standard InChI is InChI=1S/C12H15N3O5S/c1-8-10(15(17)18)6-9(7-11(8)21(13,19)20)12(16)14-4-2-3-5-14/h6-7H,2-5H2,1H3,(H2,13,19,20). The van der Waals surface area contributed by atoms with E-state index in [1.54, 1.807) is 4.90 Å². The first-order valence-corrected chi connectivity index (χ1v) is 7.87. The van der Waals surface area contributed by atoms with Crippen LogP contribution in [0, 0.1) is 17.0 Å². The summed E-state index contributed by atoms with van der Waals surface area (Å²) in [5, 5.41) is 16.1. The molecule has 1 heterocycles. The number of carbonyl (C=O) groups is 1. The van der Waals surface area contributed by atoms with Crippen molar-refractivity contribution in [1.29, 1.82) is 0 Å². The van der Waals surface area contributed by atoms with Gasteiger partial charge >= 0.3 is 0 Å². The van der Waals surface area contributed by atoms with Crippen LogP contribution in [-0.2, 0) is 10.0 Å². The summed E-state index contributed by atoms with van der Waals surface area (Å²) < 4.78 is 23.1. The van der Waals surface area contributed by atoms with Gasteiger partial charge in [-0.05, 0) is 25.8 Å². The van der Waals surface area contributed by atoms with E-state index >= 15 is 0 Å². The summed E-state index contributed by atoms with van der Waals surface area (Å²) >= 11 is 0. The van der Waals surface area contributed by atoms with Gasteiger partial charge in [-0.3, -0.25) is 14.9 Å². The van der Waals surface area contributed by atoms with E-state index < -0.39 is 26.5 Å². The average molecular weight is 313 g/mol. The quantitative estimate of drug-likeness (QED) is 0.652. The number of sulfonamides is 1. The monoisotopic (exact) mass is 313 g/mol. The van der Waals surface area contributed by atoms with Crippen LogP contribution in [-0.4, -0.2) is 37.2 Å². The van der Waals surface area contributed by atoms with Crippen LogP contribution in [0.25, 0.3) is 0 Å². The van der Waals surface area contributed by atoms with Crippen LogP contribution in [0.3, 0.4) is 0 Å². The molecule has 0 unspecified atom stereocenters. The lowest BCUT2D eigenvalue weighted by Crippen LogP contribution is -2.28. The highest BCUT2D eigenvalue weighted by molar-refractivity contribution is 7.89. The van der Waals surface area contributed by atoms with E-state index in [9.17, 15) is 23.3 Å². The molecule has 2 N–H and O–H groups in total. The van der Waals surface area contributed by atoms with Gasteiger partial charge in [0.1, 0.15) is 0 Å². The molecule has 0 aliphatic carbocycles. The Balaban J connectivity index is 2.59. The lowest BCUT2D eigenvalue weighted by Gasteiger charge is -2.16. The second-order valence-corrected chi connectivity index (χ2v) is 6.45. The van der Waals surface area contributed by atoms with Crippen LogP contribution < -0.4 is 5.14 Å².